The first-order valence-electron chi connectivity index (χ1n) is 5.46. The van der Waals surface area contributed by atoms with Gasteiger partial charge < -0.3 is 5.32 Å². The van der Waals surface area contributed by atoms with Crippen molar-refractivity contribution < 1.29 is 4.79 Å². The van der Waals surface area contributed by atoms with Crippen LogP contribution in [0.25, 0.3) is 0 Å². The summed E-state index contributed by atoms with van der Waals surface area (Å²) < 4.78 is 0. The Labute approximate surface area is 102 Å². The van der Waals surface area contributed by atoms with E-state index in [0.717, 1.165) is 5.75 Å². The van der Waals surface area contributed by atoms with Gasteiger partial charge in [-0.05, 0) is 31.9 Å². The Morgan fingerprint density at radius 2 is 1.81 bits per heavy atom. The van der Waals surface area contributed by atoms with Crippen molar-refractivity contribution in [3.8, 4) is 0 Å². The van der Waals surface area contributed by atoms with Crippen molar-refractivity contribution in [2.75, 3.05) is 12.8 Å². The van der Waals surface area contributed by atoms with Crippen molar-refractivity contribution in [2.45, 2.75) is 32.1 Å². The van der Waals surface area contributed by atoms with E-state index >= 15 is 0 Å². The Kier molecular flexibility index (Phi) is 4.87. The Balaban J connectivity index is 2.64. The number of nitrogens with one attached hydrogen (secondary N) is 1. The highest BCUT2D eigenvalue weighted by molar-refractivity contribution is 7.99. The molecule has 0 saturated heterocycles. The highest BCUT2D eigenvalue weighted by Gasteiger charge is 2.05. The fourth-order valence-corrected chi connectivity index (χ4v) is 2.83. The van der Waals surface area contributed by atoms with Crippen LogP contribution in [0.1, 0.15) is 23.1 Å². The standard InChI is InChI=1S/C13H19NOS/c1-9-7-10(2)13(11(3)8-9)16-6-5-12(15)14-4/h7-8H,5-6H2,1-4H3,(H,14,15). The van der Waals surface area contributed by atoms with Gasteiger partial charge in [0.25, 0.3) is 0 Å². The summed E-state index contributed by atoms with van der Waals surface area (Å²) in [6.45, 7) is 6.36. The van der Waals surface area contributed by atoms with Crippen LogP contribution in [0.2, 0.25) is 0 Å². The summed E-state index contributed by atoms with van der Waals surface area (Å²) in [6.07, 6.45) is 0.577. The van der Waals surface area contributed by atoms with Gasteiger partial charge in [-0.25, -0.2) is 0 Å². The first kappa shape index (κ1) is 13.1. The predicted molar refractivity (Wildman–Crippen MR) is 70.1 cm³/mol. The van der Waals surface area contributed by atoms with Crippen LogP contribution in [0.4, 0.5) is 0 Å². The molecular formula is C13H19NOS. The summed E-state index contributed by atoms with van der Waals surface area (Å²) in [5, 5.41) is 2.64. The minimum Gasteiger partial charge on any atom is -0.359 e. The van der Waals surface area contributed by atoms with E-state index in [0.29, 0.717) is 6.42 Å². The molecule has 3 heteroatoms. The van der Waals surface area contributed by atoms with Crippen molar-refractivity contribution in [3.63, 3.8) is 0 Å². The lowest BCUT2D eigenvalue weighted by Crippen LogP contribution is -2.17. The van der Waals surface area contributed by atoms with Gasteiger partial charge in [-0.3, -0.25) is 4.79 Å². The Hall–Kier alpha value is -0.960. The number of thioether (sulfide) groups is 1. The fourth-order valence-electron chi connectivity index (χ4n) is 1.77. The Morgan fingerprint density at radius 3 is 2.31 bits per heavy atom. The molecule has 0 fully saturated rings. The maximum Gasteiger partial charge on any atom is 0.220 e. The molecule has 0 aliphatic rings. The smallest absolute Gasteiger partial charge is 0.220 e. The molecule has 16 heavy (non-hydrogen) atoms. The van der Waals surface area contributed by atoms with Gasteiger partial charge >= 0.3 is 0 Å². The first-order valence-corrected chi connectivity index (χ1v) is 6.44. The number of rotatable bonds is 4. The second-order valence-electron chi connectivity index (χ2n) is 4.00. The van der Waals surface area contributed by atoms with Crippen LogP contribution in [-0.2, 0) is 4.79 Å². The van der Waals surface area contributed by atoms with Crippen LogP contribution in [0.15, 0.2) is 17.0 Å². The van der Waals surface area contributed by atoms with Gasteiger partial charge in [-0.15, -0.1) is 11.8 Å². The van der Waals surface area contributed by atoms with Crippen molar-refractivity contribution in [2.24, 2.45) is 0 Å². The molecule has 1 aromatic rings. The van der Waals surface area contributed by atoms with Crippen molar-refractivity contribution in [3.05, 3.63) is 28.8 Å². The fraction of sp³-hybridized carbons (Fsp3) is 0.462. The van der Waals surface area contributed by atoms with Crippen molar-refractivity contribution in [1.82, 2.24) is 5.32 Å². The van der Waals surface area contributed by atoms with Crippen LogP contribution in [0.3, 0.4) is 0 Å². The number of carbonyl (C=O) groups is 1. The first-order chi connectivity index (χ1) is 7.54. The number of carbonyl (C=O) groups excluding carboxylic acids is 1. The van der Waals surface area contributed by atoms with Gasteiger partial charge in [0, 0.05) is 24.1 Å². The monoisotopic (exact) mass is 237 g/mol. The third-order valence-electron chi connectivity index (χ3n) is 2.46. The molecule has 0 spiro atoms. The van der Waals surface area contributed by atoms with Gasteiger partial charge in [0.1, 0.15) is 0 Å². The number of hydrogen-bond acceptors (Lipinski definition) is 2. The van der Waals surface area contributed by atoms with Crippen LogP contribution >= 0.6 is 11.8 Å². The Morgan fingerprint density at radius 1 is 1.25 bits per heavy atom. The zero-order valence-electron chi connectivity index (χ0n) is 10.4. The lowest BCUT2D eigenvalue weighted by molar-refractivity contribution is -0.120. The molecule has 0 radical (unpaired) electrons. The van der Waals surface area contributed by atoms with E-state index in [9.17, 15) is 4.79 Å². The summed E-state index contributed by atoms with van der Waals surface area (Å²) in [6, 6.07) is 4.38. The third kappa shape index (κ3) is 3.56. The average Bonchev–Trinajstić information content (AvgIpc) is 2.21. The lowest BCUT2D eigenvalue weighted by atomic mass is 10.1. The van der Waals surface area contributed by atoms with Gasteiger partial charge in [0.2, 0.25) is 5.91 Å². The molecule has 88 valence electrons. The van der Waals surface area contributed by atoms with Crippen LogP contribution in [0.5, 0.6) is 0 Å². The van der Waals surface area contributed by atoms with E-state index in [1.54, 1.807) is 18.8 Å². The number of amides is 1. The molecule has 0 aliphatic heterocycles. The number of aryl methyl sites for hydroxylation is 3. The molecule has 1 N–H and O–H groups in total. The largest absolute Gasteiger partial charge is 0.359 e. The summed E-state index contributed by atoms with van der Waals surface area (Å²) in [4.78, 5) is 12.4. The third-order valence-corrected chi connectivity index (χ3v) is 3.80. The van der Waals surface area contributed by atoms with E-state index in [2.05, 4.69) is 38.2 Å². The zero-order chi connectivity index (χ0) is 12.1. The van der Waals surface area contributed by atoms with Crippen LogP contribution < -0.4 is 5.32 Å². The summed E-state index contributed by atoms with van der Waals surface area (Å²) in [5.74, 6) is 0.944. The van der Waals surface area contributed by atoms with Gasteiger partial charge in [0.05, 0.1) is 0 Å². The second-order valence-corrected chi connectivity index (χ2v) is 5.10. The molecule has 0 bridgehead atoms. The minimum atomic E-state index is 0.106. The van der Waals surface area contributed by atoms with Crippen molar-refractivity contribution in [1.29, 1.82) is 0 Å². The average molecular weight is 237 g/mol. The maximum absolute atomic E-state index is 11.1. The molecule has 0 heterocycles. The highest BCUT2D eigenvalue weighted by Crippen LogP contribution is 2.27. The minimum absolute atomic E-state index is 0.106. The summed E-state index contributed by atoms with van der Waals surface area (Å²) in [5.41, 5.74) is 3.91. The molecule has 1 amide bonds. The lowest BCUT2D eigenvalue weighted by Gasteiger charge is -2.10. The molecule has 2 nitrogen and oxygen atoms in total. The molecular weight excluding hydrogens is 218 g/mol. The van der Waals surface area contributed by atoms with Gasteiger partial charge in [0.15, 0.2) is 0 Å². The molecule has 1 aromatic carbocycles. The SMILES string of the molecule is CNC(=O)CCSc1c(C)cc(C)cc1C. The molecule has 1 rings (SSSR count). The highest BCUT2D eigenvalue weighted by atomic mass is 32.2. The molecule has 0 aromatic heterocycles. The van der Waals surface area contributed by atoms with E-state index in [1.165, 1.54) is 21.6 Å². The van der Waals surface area contributed by atoms with Crippen LogP contribution in [0, 0.1) is 20.8 Å². The van der Waals surface area contributed by atoms with Gasteiger partial charge in [-0.2, -0.15) is 0 Å². The van der Waals surface area contributed by atoms with E-state index < -0.39 is 0 Å². The molecule has 0 saturated carbocycles. The molecule has 0 unspecified atom stereocenters. The number of hydrogen-bond donors (Lipinski definition) is 1. The quantitative estimate of drug-likeness (QED) is 0.816. The van der Waals surface area contributed by atoms with E-state index in [1.807, 2.05) is 0 Å². The maximum atomic E-state index is 11.1. The van der Waals surface area contributed by atoms with E-state index in [4.69, 9.17) is 0 Å². The topological polar surface area (TPSA) is 29.1 Å². The van der Waals surface area contributed by atoms with E-state index in [-0.39, 0.29) is 5.91 Å². The normalized spacial score (nSPS) is 10.2. The molecule has 0 atom stereocenters. The zero-order valence-corrected chi connectivity index (χ0v) is 11.2. The van der Waals surface area contributed by atoms with Gasteiger partial charge in [-0.1, -0.05) is 17.7 Å². The van der Waals surface area contributed by atoms with Crippen LogP contribution in [-0.4, -0.2) is 18.7 Å². The Bertz CT molecular complexity index is 365. The summed E-state index contributed by atoms with van der Waals surface area (Å²) in [7, 11) is 1.68. The van der Waals surface area contributed by atoms with Crippen molar-refractivity contribution >= 4 is 17.7 Å². The number of benzene rings is 1. The predicted octanol–water partition coefficient (Wildman–Crippen LogP) is 2.84. The second kappa shape index (κ2) is 5.94. The molecule has 0 aliphatic carbocycles. The summed E-state index contributed by atoms with van der Waals surface area (Å²) >= 11 is 1.77.